The van der Waals surface area contributed by atoms with Crippen LogP contribution in [0.3, 0.4) is 0 Å². The predicted molar refractivity (Wildman–Crippen MR) is 76.5 cm³/mol. The van der Waals surface area contributed by atoms with Crippen molar-refractivity contribution < 1.29 is 4.42 Å². The summed E-state index contributed by atoms with van der Waals surface area (Å²) in [6, 6.07) is 1.88. The highest BCUT2D eigenvalue weighted by atomic mass is 35.5. The first kappa shape index (κ1) is 13.9. The lowest BCUT2D eigenvalue weighted by molar-refractivity contribution is 0.423. The van der Waals surface area contributed by atoms with E-state index in [0.29, 0.717) is 20.3 Å². The number of hydrogen-bond acceptors (Lipinski definition) is 4. The third kappa shape index (κ3) is 3.06. The van der Waals surface area contributed by atoms with Gasteiger partial charge in [0, 0.05) is 5.56 Å². The molecule has 0 aliphatic heterocycles. The van der Waals surface area contributed by atoms with Gasteiger partial charge in [-0.2, -0.15) is 0 Å². The molecule has 0 aromatic carbocycles. The summed E-state index contributed by atoms with van der Waals surface area (Å²) >= 11 is 13.3. The summed E-state index contributed by atoms with van der Waals surface area (Å²) < 4.78 is 6.98. The second kappa shape index (κ2) is 6.06. The molecule has 0 radical (unpaired) electrons. The van der Waals surface area contributed by atoms with Crippen LogP contribution in [0.25, 0.3) is 11.3 Å². The predicted octanol–water partition coefficient (Wildman–Crippen LogP) is 4.77. The summed E-state index contributed by atoms with van der Waals surface area (Å²) in [5.74, 6) is 1.32. The van der Waals surface area contributed by atoms with Crippen LogP contribution in [-0.4, -0.2) is 11.5 Å². The molecule has 0 amide bonds. The van der Waals surface area contributed by atoms with E-state index in [-0.39, 0.29) is 6.04 Å². The van der Waals surface area contributed by atoms with Crippen molar-refractivity contribution >= 4 is 34.5 Å². The molecule has 0 saturated heterocycles. The summed E-state index contributed by atoms with van der Waals surface area (Å²) in [4.78, 5) is 4.27. The largest absolute Gasteiger partial charge is 0.439 e. The summed E-state index contributed by atoms with van der Waals surface area (Å²) in [6.07, 6.45) is 2.76. The van der Waals surface area contributed by atoms with Crippen molar-refractivity contribution in [2.75, 3.05) is 6.54 Å². The monoisotopic (exact) mass is 304 g/mol. The Hall–Kier alpha value is -0.550. The summed E-state index contributed by atoms with van der Waals surface area (Å²) in [6.45, 7) is 5.07. The third-order valence-corrected chi connectivity index (χ3v) is 4.00. The van der Waals surface area contributed by atoms with Crippen LogP contribution in [0.1, 0.15) is 32.2 Å². The highest BCUT2D eigenvalue weighted by Gasteiger charge is 2.16. The zero-order valence-corrected chi connectivity index (χ0v) is 12.5. The van der Waals surface area contributed by atoms with Gasteiger partial charge in [-0.25, -0.2) is 4.98 Å². The van der Waals surface area contributed by atoms with Gasteiger partial charge in [-0.05, 0) is 26.0 Å². The molecule has 1 unspecified atom stereocenters. The lowest BCUT2D eigenvalue weighted by Crippen LogP contribution is -2.19. The van der Waals surface area contributed by atoms with Gasteiger partial charge in [0.2, 0.25) is 5.89 Å². The molecule has 98 valence electrons. The molecule has 0 aliphatic carbocycles. The first-order chi connectivity index (χ1) is 8.61. The van der Waals surface area contributed by atoms with E-state index in [9.17, 15) is 0 Å². The SMILES string of the molecule is CCCNC(C)c1ncc(-c2cc(Cl)sc2Cl)o1. The molecule has 6 heteroatoms. The molecular formula is C12H14Cl2N2OS. The summed E-state index contributed by atoms with van der Waals surface area (Å²) in [5.41, 5.74) is 0.799. The Labute approximate surface area is 120 Å². The molecule has 0 saturated carbocycles. The van der Waals surface area contributed by atoms with Crippen LogP contribution in [0.4, 0.5) is 0 Å². The lowest BCUT2D eigenvalue weighted by Gasteiger charge is -2.08. The fraction of sp³-hybridized carbons (Fsp3) is 0.417. The van der Waals surface area contributed by atoms with Crippen LogP contribution in [0, 0.1) is 0 Å². The number of nitrogens with one attached hydrogen (secondary N) is 1. The molecule has 0 spiro atoms. The first-order valence-electron chi connectivity index (χ1n) is 5.76. The van der Waals surface area contributed by atoms with Gasteiger partial charge in [-0.3, -0.25) is 0 Å². The Morgan fingerprint density at radius 1 is 1.50 bits per heavy atom. The number of aromatic nitrogens is 1. The Balaban J connectivity index is 2.17. The second-order valence-corrected chi connectivity index (χ2v) is 6.26. The van der Waals surface area contributed by atoms with Crippen molar-refractivity contribution in [3.8, 4) is 11.3 Å². The summed E-state index contributed by atoms with van der Waals surface area (Å²) in [7, 11) is 0. The summed E-state index contributed by atoms with van der Waals surface area (Å²) in [5, 5.41) is 3.32. The fourth-order valence-electron chi connectivity index (χ4n) is 1.57. The Bertz CT molecular complexity index is 524. The van der Waals surface area contributed by atoms with Gasteiger partial charge in [0.25, 0.3) is 0 Å². The molecule has 18 heavy (non-hydrogen) atoms. The molecular weight excluding hydrogens is 291 g/mol. The zero-order valence-electron chi connectivity index (χ0n) is 10.2. The molecule has 2 heterocycles. The number of hydrogen-bond donors (Lipinski definition) is 1. The number of rotatable bonds is 5. The van der Waals surface area contributed by atoms with E-state index in [2.05, 4.69) is 17.2 Å². The Morgan fingerprint density at radius 3 is 2.89 bits per heavy atom. The maximum absolute atomic E-state index is 6.08. The highest BCUT2D eigenvalue weighted by molar-refractivity contribution is 7.20. The van der Waals surface area contributed by atoms with E-state index < -0.39 is 0 Å². The Morgan fingerprint density at radius 2 is 2.28 bits per heavy atom. The minimum atomic E-state index is 0.0894. The molecule has 0 aliphatic rings. The average Bonchev–Trinajstić information content (AvgIpc) is 2.92. The molecule has 1 N–H and O–H groups in total. The van der Waals surface area contributed by atoms with Gasteiger partial charge >= 0.3 is 0 Å². The van der Waals surface area contributed by atoms with Gasteiger partial charge in [0.05, 0.1) is 16.6 Å². The van der Waals surface area contributed by atoms with Crippen molar-refractivity contribution in [1.29, 1.82) is 0 Å². The topological polar surface area (TPSA) is 38.1 Å². The molecule has 3 nitrogen and oxygen atoms in total. The molecule has 1 atom stereocenters. The third-order valence-electron chi connectivity index (χ3n) is 2.52. The number of oxazole rings is 1. The van der Waals surface area contributed by atoms with E-state index in [1.165, 1.54) is 11.3 Å². The van der Waals surface area contributed by atoms with Gasteiger partial charge in [0.1, 0.15) is 4.34 Å². The zero-order chi connectivity index (χ0) is 13.1. The lowest BCUT2D eigenvalue weighted by atomic mass is 10.3. The quantitative estimate of drug-likeness (QED) is 0.864. The van der Waals surface area contributed by atoms with Gasteiger partial charge in [-0.1, -0.05) is 30.1 Å². The molecule has 0 bridgehead atoms. The van der Waals surface area contributed by atoms with Crippen LogP contribution in [0.5, 0.6) is 0 Å². The maximum atomic E-state index is 6.08. The normalized spacial score (nSPS) is 12.9. The maximum Gasteiger partial charge on any atom is 0.211 e. The first-order valence-corrected chi connectivity index (χ1v) is 7.33. The van der Waals surface area contributed by atoms with Gasteiger partial charge in [0.15, 0.2) is 5.76 Å². The minimum Gasteiger partial charge on any atom is -0.439 e. The highest BCUT2D eigenvalue weighted by Crippen LogP contribution is 2.38. The Kier molecular flexibility index (Phi) is 4.67. The van der Waals surface area contributed by atoms with E-state index in [1.807, 2.05) is 6.92 Å². The van der Waals surface area contributed by atoms with E-state index in [4.69, 9.17) is 27.6 Å². The smallest absolute Gasteiger partial charge is 0.211 e. The van der Waals surface area contributed by atoms with Crippen LogP contribution in [0.15, 0.2) is 16.7 Å². The standard InChI is InChI=1S/C12H14Cl2N2OS/c1-3-4-15-7(2)12-16-6-9(17-12)8-5-10(13)18-11(8)14/h5-7,15H,3-4H2,1-2H3. The van der Waals surface area contributed by atoms with E-state index >= 15 is 0 Å². The number of halogens is 2. The van der Waals surface area contributed by atoms with Crippen LogP contribution in [0.2, 0.25) is 8.67 Å². The van der Waals surface area contributed by atoms with Crippen molar-refractivity contribution in [3.63, 3.8) is 0 Å². The molecule has 0 fully saturated rings. The van der Waals surface area contributed by atoms with Crippen molar-refractivity contribution in [2.24, 2.45) is 0 Å². The van der Waals surface area contributed by atoms with E-state index in [0.717, 1.165) is 18.5 Å². The van der Waals surface area contributed by atoms with Gasteiger partial charge < -0.3 is 9.73 Å². The second-order valence-electron chi connectivity index (χ2n) is 3.98. The average molecular weight is 305 g/mol. The van der Waals surface area contributed by atoms with Crippen molar-refractivity contribution in [2.45, 2.75) is 26.3 Å². The number of nitrogens with zero attached hydrogens (tertiary/aromatic N) is 1. The molecule has 2 aromatic heterocycles. The van der Waals surface area contributed by atoms with Crippen LogP contribution < -0.4 is 5.32 Å². The van der Waals surface area contributed by atoms with Crippen molar-refractivity contribution in [3.05, 3.63) is 26.8 Å². The minimum absolute atomic E-state index is 0.0894. The number of thiophene rings is 1. The van der Waals surface area contributed by atoms with Crippen LogP contribution in [-0.2, 0) is 0 Å². The molecule has 2 rings (SSSR count). The molecule has 2 aromatic rings. The van der Waals surface area contributed by atoms with Crippen molar-refractivity contribution in [1.82, 2.24) is 10.3 Å². The van der Waals surface area contributed by atoms with Crippen LogP contribution >= 0.6 is 34.5 Å². The van der Waals surface area contributed by atoms with Gasteiger partial charge in [-0.15, -0.1) is 11.3 Å². The van der Waals surface area contributed by atoms with E-state index in [1.54, 1.807) is 12.3 Å². The fourth-order valence-corrected chi connectivity index (χ4v) is 3.04.